The van der Waals surface area contributed by atoms with Crippen molar-refractivity contribution < 1.29 is 23.8 Å². The first-order valence-corrected chi connectivity index (χ1v) is 10.4. The number of esters is 1. The Labute approximate surface area is 182 Å². The molecular weight excluding hydrogens is 397 g/mol. The van der Waals surface area contributed by atoms with Gasteiger partial charge in [-0.2, -0.15) is 0 Å². The number of fused-ring (bicyclic) bond motifs is 1. The van der Waals surface area contributed by atoms with Gasteiger partial charge in [-0.3, -0.25) is 9.59 Å². The number of ether oxygens (including phenoxy) is 1. The van der Waals surface area contributed by atoms with Crippen molar-refractivity contribution in [3.63, 3.8) is 0 Å². The van der Waals surface area contributed by atoms with Gasteiger partial charge in [-0.25, -0.2) is 4.39 Å². The number of benzene rings is 2. The predicted molar refractivity (Wildman–Crippen MR) is 117 cm³/mol. The molecular formula is C25H28FNO4. The van der Waals surface area contributed by atoms with E-state index in [0.717, 1.165) is 16.8 Å². The Morgan fingerprint density at radius 1 is 1.16 bits per heavy atom. The third-order valence-electron chi connectivity index (χ3n) is 5.53. The Bertz CT molecular complexity index is 954. The number of carbonyl (C=O) groups is 2. The fourth-order valence-corrected chi connectivity index (χ4v) is 4.21. The van der Waals surface area contributed by atoms with Crippen LogP contribution in [-0.2, 0) is 14.3 Å². The third-order valence-corrected chi connectivity index (χ3v) is 5.53. The van der Waals surface area contributed by atoms with Gasteiger partial charge in [0, 0.05) is 24.1 Å². The van der Waals surface area contributed by atoms with Gasteiger partial charge in [-0.15, -0.1) is 0 Å². The summed E-state index contributed by atoms with van der Waals surface area (Å²) in [6, 6.07) is 14.7. The number of rotatable bonds is 8. The largest absolute Gasteiger partial charge is 0.469 e. The Morgan fingerprint density at radius 3 is 2.48 bits per heavy atom. The first-order valence-electron chi connectivity index (χ1n) is 10.4. The standard InChI is InChI=1S/C25H28FNO4/c1-16(2)27-22-7-5-4-6-21(22)25(17-8-10-18(26)11-9-17)23(27)13-12-19(28)14-20(29)15-24(30)31-3/h4-13,16,19,23,25,28H,14-15H2,1-3H3/b13-12+/t19-,23-,25+/m1/s1. The highest BCUT2D eigenvalue weighted by Crippen LogP contribution is 2.46. The summed E-state index contributed by atoms with van der Waals surface area (Å²) in [6.45, 7) is 4.20. The molecule has 1 aliphatic rings. The van der Waals surface area contributed by atoms with E-state index in [0.29, 0.717) is 0 Å². The molecule has 0 radical (unpaired) electrons. The number of ketones is 1. The highest BCUT2D eigenvalue weighted by Gasteiger charge is 2.38. The normalized spacial score (nSPS) is 19.0. The van der Waals surface area contributed by atoms with Crippen LogP contribution in [0, 0.1) is 5.82 Å². The number of para-hydroxylation sites is 1. The second-order valence-corrected chi connectivity index (χ2v) is 8.03. The molecule has 0 amide bonds. The Morgan fingerprint density at radius 2 is 1.84 bits per heavy atom. The summed E-state index contributed by atoms with van der Waals surface area (Å²) in [6.07, 6.45) is 1.99. The molecule has 0 unspecified atom stereocenters. The van der Waals surface area contributed by atoms with Gasteiger partial charge in [-0.1, -0.05) is 42.5 Å². The van der Waals surface area contributed by atoms with E-state index in [1.54, 1.807) is 18.2 Å². The zero-order valence-electron chi connectivity index (χ0n) is 18.0. The molecule has 2 aromatic carbocycles. The average molecular weight is 426 g/mol. The van der Waals surface area contributed by atoms with Crippen molar-refractivity contribution >= 4 is 17.4 Å². The number of anilines is 1. The predicted octanol–water partition coefficient (Wildman–Crippen LogP) is 3.99. The lowest BCUT2D eigenvalue weighted by Gasteiger charge is -2.32. The molecule has 2 aromatic rings. The smallest absolute Gasteiger partial charge is 0.313 e. The van der Waals surface area contributed by atoms with E-state index in [9.17, 15) is 19.1 Å². The molecule has 0 aromatic heterocycles. The molecule has 1 heterocycles. The van der Waals surface area contributed by atoms with Crippen LogP contribution in [0.3, 0.4) is 0 Å². The number of aliphatic hydroxyl groups excluding tert-OH is 1. The summed E-state index contributed by atoms with van der Waals surface area (Å²) in [5.41, 5.74) is 3.20. The molecule has 0 aliphatic carbocycles. The maximum absolute atomic E-state index is 13.5. The minimum absolute atomic E-state index is 0.0478. The summed E-state index contributed by atoms with van der Waals surface area (Å²) in [5, 5.41) is 10.4. The summed E-state index contributed by atoms with van der Waals surface area (Å²) < 4.78 is 18.0. The molecule has 6 heteroatoms. The van der Waals surface area contributed by atoms with Crippen molar-refractivity contribution in [1.29, 1.82) is 0 Å². The molecule has 31 heavy (non-hydrogen) atoms. The van der Waals surface area contributed by atoms with Crippen molar-refractivity contribution in [3.8, 4) is 0 Å². The summed E-state index contributed by atoms with van der Waals surface area (Å²) in [4.78, 5) is 25.5. The second-order valence-electron chi connectivity index (χ2n) is 8.03. The average Bonchev–Trinajstić information content (AvgIpc) is 3.07. The number of hydrogen-bond acceptors (Lipinski definition) is 5. The van der Waals surface area contributed by atoms with E-state index in [1.165, 1.54) is 19.2 Å². The molecule has 3 rings (SSSR count). The maximum Gasteiger partial charge on any atom is 0.313 e. The van der Waals surface area contributed by atoms with Gasteiger partial charge in [0.1, 0.15) is 18.0 Å². The lowest BCUT2D eigenvalue weighted by Crippen LogP contribution is -2.38. The van der Waals surface area contributed by atoms with Crippen molar-refractivity contribution in [2.75, 3.05) is 12.0 Å². The van der Waals surface area contributed by atoms with Crippen LogP contribution >= 0.6 is 0 Å². The summed E-state index contributed by atoms with van der Waals surface area (Å²) in [5.74, 6) is -1.33. The first-order chi connectivity index (χ1) is 14.8. The van der Waals surface area contributed by atoms with Gasteiger partial charge in [0.05, 0.1) is 19.3 Å². The van der Waals surface area contributed by atoms with Gasteiger partial charge in [0.15, 0.2) is 0 Å². The quantitative estimate of drug-likeness (QED) is 0.394. The van der Waals surface area contributed by atoms with E-state index >= 15 is 0 Å². The fraction of sp³-hybridized carbons (Fsp3) is 0.360. The van der Waals surface area contributed by atoms with E-state index < -0.39 is 12.1 Å². The van der Waals surface area contributed by atoms with Crippen molar-refractivity contribution in [1.82, 2.24) is 0 Å². The Balaban J connectivity index is 1.89. The Hall–Kier alpha value is -2.99. The first kappa shape index (κ1) is 22.7. The fourth-order valence-electron chi connectivity index (χ4n) is 4.21. The van der Waals surface area contributed by atoms with Crippen molar-refractivity contribution in [2.24, 2.45) is 0 Å². The Kier molecular flexibility index (Phi) is 7.23. The molecule has 164 valence electrons. The second kappa shape index (κ2) is 9.88. The van der Waals surface area contributed by atoms with E-state index in [2.05, 4.69) is 35.6 Å². The molecule has 3 atom stereocenters. The van der Waals surface area contributed by atoms with Crippen LogP contribution in [0.5, 0.6) is 0 Å². The third kappa shape index (κ3) is 5.20. The lowest BCUT2D eigenvalue weighted by atomic mass is 9.87. The van der Waals surface area contributed by atoms with E-state index in [-0.39, 0.29) is 42.4 Å². The zero-order chi connectivity index (χ0) is 22.5. The minimum Gasteiger partial charge on any atom is -0.469 e. The number of hydrogen-bond donors (Lipinski definition) is 1. The number of carbonyl (C=O) groups excluding carboxylic acids is 2. The van der Waals surface area contributed by atoms with E-state index in [1.807, 2.05) is 18.2 Å². The number of halogens is 1. The van der Waals surface area contributed by atoms with Crippen LogP contribution in [0.4, 0.5) is 10.1 Å². The van der Waals surface area contributed by atoms with Gasteiger partial charge in [0.2, 0.25) is 0 Å². The minimum atomic E-state index is -1.01. The van der Waals surface area contributed by atoms with Gasteiger partial charge < -0.3 is 14.7 Å². The van der Waals surface area contributed by atoms with Crippen LogP contribution in [0.25, 0.3) is 0 Å². The summed E-state index contributed by atoms with van der Waals surface area (Å²) in [7, 11) is 1.22. The van der Waals surface area contributed by atoms with Crippen molar-refractivity contribution in [3.05, 3.63) is 77.6 Å². The molecule has 0 bridgehead atoms. The molecule has 5 nitrogen and oxygen atoms in total. The summed E-state index contributed by atoms with van der Waals surface area (Å²) >= 11 is 0. The number of aliphatic hydroxyl groups is 1. The van der Waals surface area contributed by atoms with Crippen LogP contribution in [0.1, 0.15) is 43.7 Å². The van der Waals surface area contributed by atoms with Crippen LogP contribution < -0.4 is 4.90 Å². The zero-order valence-corrected chi connectivity index (χ0v) is 18.0. The SMILES string of the molecule is COC(=O)CC(=O)C[C@H](O)/C=C/[C@@H]1[C@@H](c2ccc(F)cc2)c2ccccc2N1C(C)C. The molecule has 0 saturated carbocycles. The highest BCUT2D eigenvalue weighted by molar-refractivity contribution is 5.95. The molecule has 1 aliphatic heterocycles. The monoisotopic (exact) mass is 425 g/mol. The van der Waals surface area contributed by atoms with Crippen LogP contribution in [0.15, 0.2) is 60.7 Å². The van der Waals surface area contributed by atoms with E-state index in [4.69, 9.17) is 0 Å². The van der Waals surface area contributed by atoms with Crippen LogP contribution in [0.2, 0.25) is 0 Å². The number of methoxy groups -OCH3 is 1. The molecule has 0 spiro atoms. The highest BCUT2D eigenvalue weighted by atomic mass is 19.1. The molecule has 0 saturated heterocycles. The van der Waals surface area contributed by atoms with Gasteiger partial charge in [0.25, 0.3) is 0 Å². The van der Waals surface area contributed by atoms with Gasteiger partial charge >= 0.3 is 5.97 Å². The van der Waals surface area contributed by atoms with Crippen LogP contribution in [-0.4, -0.2) is 42.2 Å². The topological polar surface area (TPSA) is 66.8 Å². The lowest BCUT2D eigenvalue weighted by molar-refractivity contribution is -0.143. The molecule has 1 N–H and O–H groups in total. The maximum atomic E-state index is 13.5. The van der Waals surface area contributed by atoms with Gasteiger partial charge in [-0.05, 0) is 43.2 Å². The van der Waals surface area contributed by atoms with Crippen molar-refractivity contribution in [2.45, 2.75) is 50.8 Å². The molecule has 0 fully saturated rings. The number of nitrogens with zero attached hydrogens (tertiary/aromatic N) is 1. The number of Topliss-reactive ketones (excluding diaryl/α,β-unsaturated/α-hetero) is 1.